The van der Waals surface area contributed by atoms with E-state index in [1.165, 1.54) is 36.0 Å². The molecule has 4 nitrogen and oxygen atoms in total. The number of hydrogen-bond acceptors (Lipinski definition) is 3. The van der Waals surface area contributed by atoms with Crippen molar-refractivity contribution in [2.75, 3.05) is 25.9 Å². The first-order valence-corrected chi connectivity index (χ1v) is 7.71. The summed E-state index contributed by atoms with van der Waals surface area (Å²) < 4.78 is 1.17. The van der Waals surface area contributed by atoms with E-state index in [4.69, 9.17) is 5.73 Å². The third kappa shape index (κ3) is 2.60. The molecule has 0 radical (unpaired) electrons. The Morgan fingerprint density at radius 3 is 2.70 bits per heavy atom. The molecule has 0 bridgehead atoms. The van der Waals surface area contributed by atoms with Gasteiger partial charge in [0.1, 0.15) is 5.82 Å². The smallest absolute Gasteiger partial charge is 0.126 e. The molecule has 0 amide bonds. The van der Waals surface area contributed by atoms with Crippen LogP contribution in [-0.2, 0) is 0 Å². The summed E-state index contributed by atoms with van der Waals surface area (Å²) in [6.07, 6.45) is 4.22. The highest BCUT2D eigenvalue weighted by Crippen LogP contribution is 2.35. The second-order valence-corrected chi connectivity index (χ2v) is 6.37. The third-order valence-electron chi connectivity index (χ3n) is 4.14. The maximum absolute atomic E-state index is 5.88. The van der Waals surface area contributed by atoms with Crippen molar-refractivity contribution >= 4 is 21.7 Å². The summed E-state index contributed by atoms with van der Waals surface area (Å²) >= 11 is 3.72. The molecule has 0 aliphatic carbocycles. The summed E-state index contributed by atoms with van der Waals surface area (Å²) in [5.74, 6) is 1.26. The van der Waals surface area contributed by atoms with E-state index >= 15 is 0 Å². The fraction of sp³-hybridized carbons (Fsp3) is 0.400. The topological polar surface area (TPSA) is 57.9 Å². The molecule has 3 N–H and O–H groups in total. The summed E-state index contributed by atoms with van der Waals surface area (Å²) in [6, 6.07) is 6.51. The second kappa shape index (κ2) is 5.58. The molecule has 1 saturated heterocycles. The average Bonchev–Trinajstić information content (AvgIpc) is 2.86. The minimum Gasteiger partial charge on any atom is -0.384 e. The van der Waals surface area contributed by atoms with Crippen LogP contribution < -0.4 is 5.73 Å². The van der Waals surface area contributed by atoms with Gasteiger partial charge in [-0.3, -0.25) is 5.10 Å². The molecule has 3 rings (SSSR count). The summed E-state index contributed by atoms with van der Waals surface area (Å²) in [6.45, 7) is 2.35. The number of aromatic amines is 1. The zero-order valence-corrected chi connectivity index (χ0v) is 13.2. The van der Waals surface area contributed by atoms with Gasteiger partial charge < -0.3 is 10.6 Å². The van der Waals surface area contributed by atoms with Crippen molar-refractivity contribution in [1.29, 1.82) is 0 Å². The van der Waals surface area contributed by atoms with Gasteiger partial charge in [0.15, 0.2) is 0 Å². The molecule has 1 aromatic heterocycles. The summed E-state index contributed by atoms with van der Waals surface area (Å²) in [5, 5.41) is 6.75. The van der Waals surface area contributed by atoms with Crippen molar-refractivity contribution in [1.82, 2.24) is 15.1 Å². The van der Waals surface area contributed by atoms with E-state index in [9.17, 15) is 0 Å². The maximum atomic E-state index is 5.88. The second-order valence-electron chi connectivity index (χ2n) is 5.51. The number of nitrogens with one attached hydrogen (secondary N) is 1. The summed E-state index contributed by atoms with van der Waals surface area (Å²) in [5.41, 5.74) is 9.34. The van der Waals surface area contributed by atoms with Crippen LogP contribution in [0.1, 0.15) is 24.3 Å². The standard InChI is InChI=1S/C15H19BrN4/c1-20-6-4-10(5-7-20)12-3-2-11(8-14(12)16)13-9-18-19-15(13)17/h2-3,8-10H,4-7H2,1H3,(H3,17,18,19). The highest BCUT2D eigenvalue weighted by molar-refractivity contribution is 9.10. The van der Waals surface area contributed by atoms with Crippen molar-refractivity contribution in [3.8, 4) is 11.1 Å². The SMILES string of the molecule is CN1CCC(c2ccc(-c3cn[nH]c3N)cc2Br)CC1. The lowest BCUT2D eigenvalue weighted by Crippen LogP contribution is -2.29. The maximum Gasteiger partial charge on any atom is 0.126 e. The molecule has 106 valence electrons. The van der Waals surface area contributed by atoms with Crippen LogP contribution in [-0.4, -0.2) is 35.2 Å². The number of anilines is 1. The molecule has 2 aromatic rings. The highest BCUT2D eigenvalue weighted by Gasteiger charge is 2.20. The Kier molecular flexibility index (Phi) is 3.81. The van der Waals surface area contributed by atoms with Gasteiger partial charge in [0, 0.05) is 10.0 Å². The van der Waals surface area contributed by atoms with Gasteiger partial charge in [0.2, 0.25) is 0 Å². The van der Waals surface area contributed by atoms with Crippen LogP contribution in [0, 0.1) is 0 Å². The fourth-order valence-electron chi connectivity index (χ4n) is 2.87. The lowest BCUT2D eigenvalue weighted by Gasteiger charge is -2.29. The predicted molar refractivity (Wildman–Crippen MR) is 85.6 cm³/mol. The van der Waals surface area contributed by atoms with Gasteiger partial charge in [-0.2, -0.15) is 5.10 Å². The Morgan fingerprint density at radius 2 is 2.10 bits per heavy atom. The minimum atomic E-state index is 0.615. The van der Waals surface area contributed by atoms with E-state index in [-0.39, 0.29) is 0 Å². The number of hydrogen-bond donors (Lipinski definition) is 2. The Hall–Kier alpha value is -1.33. The van der Waals surface area contributed by atoms with E-state index < -0.39 is 0 Å². The Balaban J connectivity index is 1.86. The van der Waals surface area contributed by atoms with E-state index in [0.717, 1.165) is 11.1 Å². The van der Waals surface area contributed by atoms with Crippen LogP contribution in [0.4, 0.5) is 5.82 Å². The third-order valence-corrected chi connectivity index (χ3v) is 4.83. The number of benzene rings is 1. The van der Waals surface area contributed by atoms with Crippen LogP contribution in [0.5, 0.6) is 0 Å². The summed E-state index contributed by atoms with van der Waals surface area (Å²) in [4.78, 5) is 2.39. The van der Waals surface area contributed by atoms with Crippen molar-refractivity contribution in [2.24, 2.45) is 0 Å². The van der Waals surface area contributed by atoms with E-state index in [1.807, 2.05) is 0 Å². The van der Waals surface area contributed by atoms with E-state index in [1.54, 1.807) is 6.20 Å². The van der Waals surface area contributed by atoms with Crippen LogP contribution in [0.15, 0.2) is 28.9 Å². The van der Waals surface area contributed by atoms with E-state index in [2.05, 4.69) is 56.3 Å². The average molecular weight is 335 g/mol. The molecule has 1 fully saturated rings. The van der Waals surface area contributed by atoms with Crippen molar-refractivity contribution in [3.63, 3.8) is 0 Å². The lowest BCUT2D eigenvalue weighted by atomic mass is 9.89. The molecule has 20 heavy (non-hydrogen) atoms. The normalized spacial score (nSPS) is 17.5. The number of piperidine rings is 1. The molecule has 1 aliphatic rings. The first kappa shape index (κ1) is 13.6. The van der Waals surface area contributed by atoms with Gasteiger partial charge >= 0.3 is 0 Å². The zero-order chi connectivity index (χ0) is 14.1. The first-order valence-electron chi connectivity index (χ1n) is 6.92. The number of halogens is 1. The van der Waals surface area contributed by atoms with Gasteiger partial charge in [0.25, 0.3) is 0 Å². The van der Waals surface area contributed by atoms with Crippen LogP contribution in [0.2, 0.25) is 0 Å². The molecule has 1 aromatic carbocycles. The summed E-state index contributed by atoms with van der Waals surface area (Å²) in [7, 11) is 2.19. The number of H-pyrrole nitrogens is 1. The molecule has 5 heteroatoms. The molecular formula is C15H19BrN4. The number of nitrogen functional groups attached to an aromatic ring is 1. The van der Waals surface area contributed by atoms with Gasteiger partial charge in [-0.25, -0.2) is 0 Å². The number of rotatable bonds is 2. The van der Waals surface area contributed by atoms with Crippen molar-refractivity contribution in [2.45, 2.75) is 18.8 Å². The Labute approximate surface area is 127 Å². The molecule has 0 atom stereocenters. The largest absolute Gasteiger partial charge is 0.384 e. The number of nitrogens with zero attached hydrogens (tertiary/aromatic N) is 2. The van der Waals surface area contributed by atoms with Crippen LogP contribution in [0.25, 0.3) is 11.1 Å². The predicted octanol–water partition coefficient (Wildman–Crippen LogP) is 3.23. The van der Waals surface area contributed by atoms with Gasteiger partial charge in [0.05, 0.1) is 6.20 Å². The number of likely N-dealkylation sites (tertiary alicyclic amines) is 1. The van der Waals surface area contributed by atoms with Gasteiger partial charge in [-0.1, -0.05) is 28.1 Å². The molecule has 1 aliphatic heterocycles. The molecule has 0 unspecified atom stereocenters. The lowest BCUT2D eigenvalue weighted by molar-refractivity contribution is 0.255. The minimum absolute atomic E-state index is 0.615. The van der Waals surface area contributed by atoms with E-state index in [0.29, 0.717) is 11.7 Å². The monoisotopic (exact) mass is 334 g/mol. The fourth-order valence-corrected chi connectivity index (χ4v) is 3.57. The van der Waals surface area contributed by atoms with Crippen molar-refractivity contribution in [3.05, 3.63) is 34.4 Å². The molecule has 0 saturated carbocycles. The van der Waals surface area contributed by atoms with Gasteiger partial charge in [-0.15, -0.1) is 0 Å². The highest BCUT2D eigenvalue weighted by atomic mass is 79.9. The molecule has 0 spiro atoms. The molecule has 2 heterocycles. The molecular weight excluding hydrogens is 316 g/mol. The first-order chi connectivity index (χ1) is 9.65. The van der Waals surface area contributed by atoms with Crippen molar-refractivity contribution < 1.29 is 0 Å². The van der Waals surface area contributed by atoms with Gasteiger partial charge in [-0.05, 0) is 56.1 Å². The number of aromatic nitrogens is 2. The zero-order valence-electron chi connectivity index (χ0n) is 11.6. The number of nitrogens with two attached hydrogens (primary N) is 1. The van der Waals surface area contributed by atoms with Crippen LogP contribution >= 0.6 is 15.9 Å². The Bertz CT molecular complexity index is 600. The Morgan fingerprint density at radius 1 is 1.35 bits per heavy atom. The quantitative estimate of drug-likeness (QED) is 0.886. The van der Waals surface area contributed by atoms with Crippen LogP contribution in [0.3, 0.4) is 0 Å².